The van der Waals surface area contributed by atoms with E-state index in [1.165, 1.54) is 25.9 Å². The largest absolute Gasteiger partial charge is 0.384 e. The van der Waals surface area contributed by atoms with Crippen LogP contribution in [0.4, 0.5) is 0 Å². The van der Waals surface area contributed by atoms with Crippen LogP contribution in [0.3, 0.4) is 0 Å². The summed E-state index contributed by atoms with van der Waals surface area (Å²) in [7, 11) is 1.79. The Balaban J connectivity index is 2.16. The molecule has 78 valence electrons. The number of nitrogens with zero attached hydrogens (tertiary/aromatic N) is 1. The maximum atomic E-state index is 5.49. The van der Waals surface area contributed by atoms with Gasteiger partial charge >= 0.3 is 0 Å². The monoisotopic (exact) mass is 186 g/mol. The first-order chi connectivity index (χ1) is 6.36. The Morgan fingerprint density at radius 1 is 1.54 bits per heavy atom. The van der Waals surface area contributed by atoms with Crippen LogP contribution in [0.25, 0.3) is 0 Å². The predicted molar refractivity (Wildman–Crippen MR) is 54.7 cm³/mol. The van der Waals surface area contributed by atoms with Gasteiger partial charge < -0.3 is 15.4 Å². The minimum absolute atomic E-state index is 0.747. The smallest absolute Gasteiger partial charge is 0.0502 e. The first kappa shape index (κ1) is 11.0. The van der Waals surface area contributed by atoms with E-state index in [1.807, 2.05) is 0 Å². The highest BCUT2D eigenvalue weighted by Crippen LogP contribution is 2.16. The fraction of sp³-hybridized carbons (Fsp3) is 1.00. The molecule has 1 fully saturated rings. The van der Waals surface area contributed by atoms with Crippen molar-refractivity contribution in [2.75, 3.05) is 39.9 Å². The lowest BCUT2D eigenvalue weighted by molar-refractivity contribution is 0.0904. The van der Waals surface area contributed by atoms with E-state index in [0.29, 0.717) is 0 Å². The quantitative estimate of drug-likeness (QED) is 0.686. The van der Waals surface area contributed by atoms with E-state index in [9.17, 15) is 0 Å². The zero-order chi connectivity index (χ0) is 9.52. The number of likely N-dealkylation sites (tertiary alicyclic amines) is 1. The summed E-state index contributed by atoms with van der Waals surface area (Å²) >= 11 is 0. The van der Waals surface area contributed by atoms with Crippen LogP contribution in [0, 0.1) is 5.92 Å². The first-order valence-electron chi connectivity index (χ1n) is 5.28. The summed E-state index contributed by atoms with van der Waals surface area (Å²) in [5.41, 5.74) is 5.49. The van der Waals surface area contributed by atoms with Crippen molar-refractivity contribution in [1.82, 2.24) is 4.90 Å². The van der Waals surface area contributed by atoms with Crippen molar-refractivity contribution in [2.45, 2.75) is 19.3 Å². The maximum absolute atomic E-state index is 5.49. The van der Waals surface area contributed by atoms with Gasteiger partial charge in [-0.25, -0.2) is 0 Å². The molecular formula is C10H22N2O. The molecule has 0 aromatic heterocycles. The fourth-order valence-corrected chi connectivity index (χ4v) is 2.04. The third kappa shape index (κ3) is 4.07. The average molecular weight is 186 g/mol. The molecular weight excluding hydrogens is 164 g/mol. The van der Waals surface area contributed by atoms with Crippen LogP contribution in [-0.4, -0.2) is 44.8 Å². The highest BCUT2D eigenvalue weighted by Gasteiger charge is 2.18. The van der Waals surface area contributed by atoms with Crippen molar-refractivity contribution < 1.29 is 4.74 Å². The molecule has 2 N–H and O–H groups in total. The summed E-state index contributed by atoms with van der Waals surface area (Å²) in [5.74, 6) is 0.747. The van der Waals surface area contributed by atoms with Crippen molar-refractivity contribution in [1.29, 1.82) is 0 Å². The van der Waals surface area contributed by atoms with Crippen LogP contribution in [0.15, 0.2) is 0 Å². The van der Waals surface area contributed by atoms with Crippen molar-refractivity contribution in [3.63, 3.8) is 0 Å². The Morgan fingerprint density at radius 2 is 2.38 bits per heavy atom. The average Bonchev–Trinajstić information content (AvgIpc) is 2.16. The summed E-state index contributed by atoms with van der Waals surface area (Å²) in [5, 5.41) is 0. The molecule has 0 radical (unpaired) electrons. The third-order valence-electron chi connectivity index (χ3n) is 2.68. The molecule has 0 amide bonds. The minimum atomic E-state index is 0.747. The molecule has 0 aromatic carbocycles. The number of hydrogen-bond donors (Lipinski definition) is 1. The van der Waals surface area contributed by atoms with Crippen LogP contribution >= 0.6 is 0 Å². The van der Waals surface area contributed by atoms with Crippen LogP contribution < -0.4 is 5.73 Å². The molecule has 0 spiro atoms. The van der Waals surface area contributed by atoms with Crippen molar-refractivity contribution in [3.05, 3.63) is 0 Å². The van der Waals surface area contributed by atoms with Gasteiger partial charge in [-0.15, -0.1) is 0 Å². The van der Waals surface area contributed by atoms with Gasteiger partial charge in [0.15, 0.2) is 0 Å². The highest BCUT2D eigenvalue weighted by molar-refractivity contribution is 4.72. The van der Waals surface area contributed by atoms with Crippen molar-refractivity contribution >= 4 is 0 Å². The van der Waals surface area contributed by atoms with Gasteiger partial charge in [-0.3, -0.25) is 0 Å². The molecule has 0 bridgehead atoms. The van der Waals surface area contributed by atoms with E-state index in [2.05, 4.69) is 4.90 Å². The van der Waals surface area contributed by atoms with Gasteiger partial charge in [0.05, 0.1) is 6.61 Å². The Kier molecular flexibility index (Phi) is 5.35. The molecule has 1 unspecified atom stereocenters. The standard InChI is InChI=1S/C10H22N2O/c1-13-9-10-4-2-6-12(8-10)7-3-5-11/h10H,2-9,11H2,1H3. The topological polar surface area (TPSA) is 38.5 Å². The SMILES string of the molecule is COCC1CCCN(CCCN)C1. The van der Waals surface area contributed by atoms with E-state index < -0.39 is 0 Å². The highest BCUT2D eigenvalue weighted by atomic mass is 16.5. The predicted octanol–water partition coefficient (Wildman–Crippen LogP) is 0.694. The molecule has 0 aliphatic carbocycles. The molecule has 1 heterocycles. The number of piperidine rings is 1. The molecule has 3 heteroatoms. The number of rotatable bonds is 5. The summed E-state index contributed by atoms with van der Waals surface area (Å²) in [6.45, 7) is 5.34. The second-order valence-electron chi connectivity index (χ2n) is 3.91. The van der Waals surface area contributed by atoms with Crippen LogP contribution in [0.1, 0.15) is 19.3 Å². The van der Waals surface area contributed by atoms with E-state index >= 15 is 0 Å². The molecule has 1 saturated heterocycles. The molecule has 1 aliphatic rings. The van der Waals surface area contributed by atoms with Crippen molar-refractivity contribution in [3.8, 4) is 0 Å². The summed E-state index contributed by atoms with van der Waals surface area (Å²) in [6, 6.07) is 0. The van der Waals surface area contributed by atoms with Crippen molar-refractivity contribution in [2.24, 2.45) is 11.7 Å². The number of methoxy groups -OCH3 is 1. The molecule has 1 aliphatic heterocycles. The third-order valence-corrected chi connectivity index (χ3v) is 2.68. The lowest BCUT2D eigenvalue weighted by Crippen LogP contribution is -2.38. The van der Waals surface area contributed by atoms with Gasteiger partial charge in [-0.05, 0) is 44.8 Å². The molecule has 0 saturated carbocycles. The summed E-state index contributed by atoms with van der Waals surface area (Å²) in [6.07, 6.45) is 3.77. The summed E-state index contributed by atoms with van der Waals surface area (Å²) < 4.78 is 5.18. The lowest BCUT2D eigenvalue weighted by Gasteiger charge is -2.32. The molecule has 1 rings (SSSR count). The van der Waals surface area contributed by atoms with Crippen LogP contribution in [0.2, 0.25) is 0 Å². The normalized spacial score (nSPS) is 24.9. The van der Waals surface area contributed by atoms with Gasteiger partial charge in [0.1, 0.15) is 0 Å². The Hall–Kier alpha value is -0.120. The van der Waals surface area contributed by atoms with Gasteiger partial charge in [0, 0.05) is 13.7 Å². The Bertz CT molecular complexity index is 128. The molecule has 1 atom stereocenters. The molecule has 0 aromatic rings. The second-order valence-corrected chi connectivity index (χ2v) is 3.91. The lowest BCUT2D eigenvalue weighted by atomic mass is 9.99. The zero-order valence-corrected chi connectivity index (χ0v) is 8.67. The fourth-order valence-electron chi connectivity index (χ4n) is 2.04. The number of nitrogens with two attached hydrogens (primary N) is 1. The minimum Gasteiger partial charge on any atom is -0.384 e. The van der Waals surface area contributed by atoms with Gasteiger partial charge in [0.25, 0.3) is 0 Å². The van der Waals surface area contributed by atoms with E-state index in [0.717, 1.165) is 32.0 Å². The van der Waals surface area contributed by atoms with Crippen LogP contribution in [0.5, 0.6) is 0 Å². The first-order valence-corrected chi connectivity index (χ1v) is 5.28. The molecule has 13 heavy (non-hydrogen) atoms. The second kappa shape index (κ2) is 6.35. The Labute approximate surface area is 81.2 Å². The maximum Gasteiger partial charge on any atom is 0.0502 e. The van der Waals surface area contributed by atoms with E-state index in [1.54, 1.807) is 7.11 Å². The number of ether oxygens (including phenoxy) is 1. The van der Waals surface area contributed by atoms with Gasteiger partial charge in [-0.1, -0.05) is 0 Å². The van der Waals surface area contributed by atoms with E-state index in [-0.39, 0.29) is 0 Å². The summed E-state index contributed by atoms with van der Waals surface area (Å²) in [4.78, 5) is 2.51. The van der Waals surface area contributed by atoms with Crippen LogP contribution in [-0.2, 0) is 4.74 Å². The molecule has 3 nitrogen and oxygen atoms in total. The number of hydrogen-bond acceptors (Lipinski definition) is 3. The van der Waals surface area contributed by atoms with Gasteiger partial charge in [0.2, 0.25) is 0 Å². The van der Waals surface area contributed by atoms with E-state index in [4.69, 9.17) is 10.5 Å². The van der Waals surface area contributed by atoms with Gasteiger partial charge in [-0.2, -0.15) is 0 Å². The zero-order valence-electron chi connectivity index (χ0n) is 8.67. The Morgan fingerprint density at radius 3 is 3.08 bits per heavy atom.